The van der Waals surface area contributed by atoms with Crippen molar-refractivity contribution in [3.05, 3.63) is 0 Å². The second-order valence-electron chi connectivity index (χ2n) is 6.47. The first kappa shape index (κ1) is 13.4. The Morgan fingerprint density at radius 1 is 1.26 bits per heavy atom. The van der Waals surface area contributed by atoms with Gasteiger partial charge in [-0.25, -0.2) is 0 Å². The van der Waals surface area contributed by atoms with Gasteiger partial charge in [0.1, 0.15) is 5.54 Å². The second kappa shape index (κ2) is 5.40. The monoisotopic (exact) mass is 263 g/mol. The summed E-state index contributed by atoms with van der Waals surface area (Å²) in [5, 5.41) is 13.4. The summed E-state index contributed by atoms with van der Waals surface area (Å²) in [4.78, 5) is 2.49. The Morgan fingerprint density at radius 3 is 2.47 bits per heavy atom. The number of methoxy groups -OCH3 is 1. The highest BCUT2D eigenvalue weighted by molar-refractivity contribution is 5.19. The van der Waals surface area contributed by atoms with Crippen LogP contribution in [0.25, 0.3) is 0 Å². The SMILES string of the molecule is COCCN(CC(C#N)(NC1CC1)C1CC1)C1CC1. The van der Waals surface area contributed by atoms with Gasteiger partial charge < -0.3 is 4.74 Å². The van der Waals surface area contributed by atoms with Gasteiger partial charge in [0, 0.05) is 32.3 Å². The van der Waals surface area contributed by atoms with E-state index >= 15 is 0 Å². The van der Waals surface area contributed by atoms with Gasteiger partial charge in [0.05, 0.1) is 12.7 Å². The number of hydrogen-bond acceptors (Lipinski definition) is 4. The lowest BCUT2D eigenvalue weighted by Gasteiger charge is -2.34. The standard InChI is InChI=1S/C15H25N3O/c1-19-9-8-18(14-6-7-14)11-15(10-16,12-2-3-12)17-13-4-5-13/h12-14,17H,2-9,11H2,1H3. The van der Waals surface area contributed by atoms with E-state index in [1.54, 1.807) is 7.11 Å². The molecule has 19 heavy (non-hydrogen) atoms. The maximum absolute atomic E-state index is 9.77. The molecule has 3 aliphatic carbocycles. The van der Waals surface area contributed by atoms with Crippen molar-refractivity contribution in [2.24, 2.45) is 5.92 Å². The Bertz CT molecular complexity index is 355. The van der Waals surface area contributed by atoms with Gasteiger partial charge in [-0.15, -0.1) is 0 Å². The number of nitrogens with zero attached hydrogens (tertiary/aromatic N) is 2. The predicted molar refractivity (Wildman–Crippen MR) is 73.7 cm³/mol. The minimum Gasteiger partial charge on any atom is -0.383 e. The molecule has 3 aliphatic rings. The summed E-state index contributed by atoms with van der Waals surface area (Å²) < 4.78 is 5.22. The Hall–Kier alpha value is -0.630. The number of rotatable bonds is 9. The zero-order chi connectivity index (χ0) is 13.3. The summed E-state index contributed by atoms with van der Waals surface area (Å²) in [5.74, 6) is 0.571. The third kappa shape index (κ3) is 3.28. The third-order valence-electron chi connectivity index (χ3n) is 4.61. The van der Waals surface area contributed by atoms with Gasteiger partial charge in [0.2, 0.25) is 0 Å². The summed E-state index contributed by atoms with van der Waals surface area (Å²) in [6.45, 7) is 2.62. The smallest absolute Gasteiger partial charge is 0.122 e. The Balaban J connectivity index is 1.65. The van der Waals surface area contributed by atoms with E-state index < -0.39 is 0 Å². The molecule has 0 radical (unpaired) electrons. The molecule has 0 aromatic heterocycles. The van der Waals surface area contributed by atoms with Crippen molar-refractivity contribution in [3.63, 3.8) is 0 Å². The fraction of sp³-hybridized carbons (Fsp3) is 0.933. The minimum absolute atomic E-state index is 0.294. The molecule has 0 saturated heterocycles. The molecular weight excluding hydrogens is 238 g/mol. The van der Waals surface area contributed by atoms with E-state index in [0.717, 1.165) is 19.7 Å². The molecule has 0 aromatic carbocycles. The average molecular weight is 263 g/mol. The maximum Gasteiger partial charge on any atom is 0.122 e. The van der Waals surface area contributed by atoms with Crippen molar-refractivity contribution in [1.82, 2.24) is 10.2 Å². The van der Waals surface area contributed by atoms with Crippen LogP contribution in [-0.2, 0) is 4.74 Å². The molecule has 3 saturated carbocycles. The highest BCUT2D eigenvalue weighted by Crippen LogP contribution is 2.43. The predicted octanol–water partition coefficient (Wildman–Crippen LogP) is 1.52. The molecule has 106 valence electrons. The van der Waals surface area contributed by atoms with Crippen LogP contribution in [0.2, 0.25) is 0 Å². The largest absolute Gasteiger partial charge is 0.383 e. The van der Waals surface area contributed by atoms with Crippen LogP contribution in [-0.4, -0.2) is 49.3 Å². The van der Waals surface area contributed by atoms with E-state index in [1.807, 2.05) is 0 Å². The molecule has 3 fully saturated rings. The summed E-state index contributed by atoms with van der Waals surface area (Å²) in [6.07, 6.45) is 7.51. The molecule has 3 rings (SSSR count). The average Bonchev–Trinajstić information content (AvgIpc) is 3.29. The van der Waals surface area contributed by atoms with Crippen LogP contribution in [0.1, 0.15) is 38.5 Å². The van der Waals surface area contributed by atoms with Gasteiger partial charge >= 0.3 is 0 Å². The van der Waals surface area contributed by atoms with Gasteiger partial charge in [-0.2, -0.15) is 5.26 Å². The Labute approximate surface area is 116 Å². The molecule has 0 bridgehead atoms. The zero-order valence-corrected chi connectivity index (χ0v) is 11.9. The van der Waals surface area contributed by atoms with Crippen molar-refractivity contribution < 1.29 is 4.74 Å². The van der Waals surface area contributed by atoms with Crippen molar-refractivity contribution in [2.75, 3.05) is 26.8 Å². The van der Waals surface area contributed by atoms with Crippen LogP contribution in [0.4, 0.5) is 0 Å². The molecule has 1 unspecified atom stereocenters. The van der Waals surface area contributed by atoms with E-state index in [-0.39, 0.29) is 5.54 Å². The first-order valence-electron chi connectivity index (χ1n) is 7.69. The summed E-state index contributed by atoms with van der Waals surface area (Å²) >= 11 is 0. The van der Waals surface area contributed by atoms with Crippen molar-refractivity contribution in [2.45, 2.75) is 56.1 Å². The molecule has 0 amide bonds. The maximum atomic E-state index is 9.77. The highest BCUT2D eigenvalue weighted by Gasteiger charge is 2.50. The summed E-state index contributed by atoms with van der Waals surface area (Å²) in [6, 6.07) is 3.94. The number of nitrogens with one attached hydrogen (secondary N) is 1. The van der Waals surface area contributed by atoms with Crippen LogP contribution < -0.4 is 5.32 Å². The number of hydrogen-bond donors (Lipinski definition) is 1. The third-order valence-corrected chi connectivity index (χ3v) is 4.61. The van der Waals surface area contributed by atoms with E-state index in [1.165, 1.54) is 38.5 Å². The number of nitriles is 1. The molecular formula is C15H25N3O. The number of ether oxygens (including phenoxy) is 1. The second-order valence-corrected chi connectivity index (χ2v) is 6.47. The highest BCUT2D eigenvalue weighted by atomic mass is 16.5. The van der Waals surface area contributed by atoms with Crippen molar-refractivity contribution in [1.29, 1.82) is 5.26 Å². The Morgan fingerprint density at radius 2 is 2.00 bits per heavy atom. The Kier molecular flexibility index (Phi) is 3.79. The first-order valence-corrected chi connectivity index (χ1v) is 7.69. The molecule has 4 nitrogen and oxygen atoms in total. The lowest BCUT2D eigenvalue weighted by atomic mass is 9.93. The van der Waals surface area contributed by atoms with Crippen molar-refractivity contribution >= 4 is 0 Å². The molecule has 0 heterocycles. The molecule has 1 atom stereocenters. The van der Waals surface area contributed by atoms with E-state index in [0.29, 0.717) is 18.0 Å². The quantitative estimate of drug-likeness (QED) is 0.685. The fourth-order valence-corrected chi connectivity index (χ4v) is 2.98. The molecule has 0 aliphatic heterocycles. The first-order chi connectivity index (χ1) is 9.27. The van der Waals surface area contributed by atoms with Crippen LogP contribution in [0.15, 0.2) is 0 Å². The summed E-state index contributed by atoms with van der Waals surface area (Å²) in [5.41, 5.74) is -0.294. The topological polar surface area (TPSA) is 48.3 Å². The molecule has 0 spiro atoms. The normalized spacial score (nSPS) is 26.2. The van der Waals surface area contributed by atoms with Gasteiger partial charge in [0.15, 0.2) is 0 Å². The zero-order valence-electron chi connectivity index (χ0n) is 11.9. The van der Waals surface area contributed by atoms with Gasteiger partial charge in [-0.05, 0) is 44.4 Å². The molecule has 1 N–H and O–H groups in total. The molecule has 4 heteroatoms. The van der Waals surface area contributed by atoms with Crippen LogP contribution in [0.3, 0.4) is 0 Å². The van der Waals surface area contributed by atoms with Gasteiger partial charge in [-0.3, -0.25) is 10.2 Å². The fourth-order valence-electron chi connectivity index (χ4n) is 2.98. The molecule has 0 aromatic rings. The van der Waals surface area contributed by atoms with E-state index in [4.69, 9.17) is 4.74 Å². The van der Waals surface area contributed by atoms with Gasteiger partial charge in [0.25, 0.3) is 0 Å². The van der Waals surface area contributed by atoms with Crippen LogP contribution in [0, 0.1) is 17.2 Å². The minimum atomic E-state index is -0.294. The van der Waals surface area contributed by atoms with E-state index in [9.17, 15) is 5.26 Å². The van der Waals surface area contributed by atoms with E-state index in [2.05, 4.69) is 16.3 Å². The lowest BCUT2D eigenvalue weighted by molar-refractivity contribution is 0.121. The van der Waals surface area contributed by atoms with Gasteiger partial charge in [-0.1, -0.05) is 0 Å². The summed E-state index contributed by atoms with van der Waals surface area (Å²) in [7, 11) is 1.76. The van der Waals surface area contributed by atoms with Crippen molar-refractivity contribution in [3.8, 4) is 6.07 Å². The van der Waals surface area contributed by atoms with Crippen LogP contribution in [0.5, 0.6) is 0 Å². The van der Waals surface area contributed by atoms with Crippen LogP contribution >= 0.6 is 0 Å². The lowest BCUT2D eigenvalue weighted by Crippen LogP contribution is -2.56.